The third kappa shape index (κ3) is 39.7. The second-order valence-electron chi connectivity index (χ2n) is 15.8. The maximum atomic E-state index is 12.7. The van der Waals surface area contributed by atoms with Crippen molar-refractivity contribution in [2.24, 2.45) is 16.5 Å². The lowest BCUT2D eigenvalue weighted by Gasteiger charge is -2.22. The quantitative estimate of drug-likeness (QED) is 0.0276. The van der Waals surface area contributed by atoms with E-state index < -0.39 is 0 Å². The first-order chi connectivity index (χ1) is 25.9. The van der Waals surface area contributed by atoms with Crippen molar-refractivity contribution in [2.45, 2.75) is 239 Å². The Labute approximate surface area is 329 Å². The van der Waals surface area contributed by atoms with E-state index in [2.05, 4.69) is 30.7 Å². The Kier molecular flexibility index (Phi) is 39.9. The monoisotopic (exact) mass is 751 g/mol. The molecule has 0 saturated heterocycles. The second kappa shape index (κ2) is 41.3. The molecule has 0 saturated carbocycles. The van der Waals surface area contributed by atoms with Gasteiger partial charge >= 0.3 is 11.9 Å². The number of unbranched alkanes of at least 4 members (excludes halogenated alkanes) is 23. The van der Waals surface area contributed by atoms with E-state index in [1.54, 1.807) is 0 Å². The molecule has 53 heavy (non-hydrogen) atoms. The van der Waals surface area contributed by atoms with Gasteiger partial charge in [-0.3, -0.25) is 14.6 Å². The van der Waals surface area contributed by atoms with Crippen LogP contribution in [-0.2, 0) is 19.1 Å². The van der Waals surface area contributed by atoms with Crippen molar-refractivity contribution >= 4 is 17.9 Å². The van der Waals surface area contributed by atoms with Gasteiger partial charge in [0.15, 0.2) is 5.96 Å². The van der Waals surface area contributed by atoms with Crippen molar-refractivity contribution in [3.8, 4) is 0 Å². The molecule has 0 radical (unpaired) electrons. The van der Waals surface area contributed by atoms with Gasteiger partial charge in [-0.25, -0.2) is 0 Å². The fourth-order valence-corrected chi connectivity index (χ4v) is 7.06. The molecule has 0 aliphatic rings. The Morgan fingerprint density at radius 3 is 1.38 bits per heavy atom. The van der Waals surface area contributed by atoms with Gasteiger partial charge in [0.25, 0.3) is 0 Å². The van der Waals surface area contributed by atoms with Crippen molar-refractivity contribution in [3.63, 3.8) is 0 Å². The topological polar surface area (TPSA) is 120 Å². The molecule has 0 rings (SSSR count). The summed E-state index contributed by atoms with van der Waals surface area (Å²) in [5.74, 6) is 0.150. The van der Waals surface area contributed by atoms with E-state index in [9.17, 15) is 9.59 Å². The highest BCUT2D eigenvalue weighted by Crippen LogP contribution is 2.18. The van der Waals surface area contributed by atoms with Gasteiger partial charge in [0, 0.05) is 19.4 Å². The van der Waals surface area contributed by atoms with Gasteiger partial charge in [0.2, 0.25) is 0 Å². The van der Waals surface area contributed by atoms with E-state index in [0.717, 1.165) is 83.8 Å². The number of carbonyl (C=O) groups excluding carboxylic acids is 2. The minimum Gasteiger partial charge on any atom is -0.466 e. The first-order valence-corrected chi connectivity index (χ1v) is 23.1. The number of aliphatic imine (C=N–C) groups is 1. The number of hydrogen-bond donors (Lipinski definition) is 2. The number of rotatable bonds is 42. The molecule has 0 heterocycles. The molecule has 0 amide bonds. The number of ether oxygens (including phenoxy) is 2. The van der Waals surface area contributed by atoms with Crippen LogP contribution in [0.25, 0.3) is 0 Å². The molecule has 0 spiro atoms. The van der Waals surface area contributed by atoms with Crippen LogP contribution in [0.5, 0.6) is 0 Å². The average Bonchev–Trinajstić information content (AvgIpc) is 3.14. The minimum atomic E-state index is -0.0289. The SMILES string of the molecule is CCCCCCCCCOC(=O)CCCCCCCN(CCCCCCCC(=O)OC(CCCCCCC)CCCCCCCC)CCCN=C(N)N. The molecule has 8 nitrogen and oxygen atoms in total. The van der Waals surface area contributed by atoms with E-state index >= 15 is 0 Å². The predicted octanol–water partition coefficient (Wildman–Crippen LogP) is 11.9. The normalized spacial score (nSPS) is 11.9. The largest absolute Gasteiger partial charge is 0.466 e. The second-order valence-corrected chi connectivity index (χ2v) is 15.8. The fourth-order valence-electron chi connectivity index (χ4n) is 7.06. The molecule has 0 aromatic carbocycles. The highest BCUT2D eigenvalue weighted by atomic mass is 16.5. The lowest BCUT2D eigenvalue weighted by molar-refractivity contribution is -0.150. The van der Waals surface area contributed by atoms with Crippen LogP contribution in [0.1, 0.15) is 233 Å². The zero-order valence-corrected chi connectivity index (χ0v) is 35.6. The third-order valence-corrected chi connectivity index (χ3v) is 10.5. The van der Waals surface area contributed by atoms with Crippen LogP contribution in [0.15, 0.2) is 4.99 Å². The Hall–Kier alpha value is -1.83. The van der Waals surface area contributed by atoms with Crippen LogP contribution in [0.2, 0.25) is 0 Å². The van der Waals surface area contributed by atoms with E-state index in [1.807, 2.05) is 0 Å². The van der Waals surface area contributed by atoms with Crippen molar-refractivity contribution in [2.75, 3.05) is 32.8 Å². The summed E-state index contributed by atoms with van der Waals surface area (Å²) in [4.78, 5) is 31.5. The highest BCUT2D eigenvalue weighted by Gasteiger charge is 2.14. The molecule has 0 aliphatic carbocycles. The average molecular weight is 751 g/mol. The molecule has 0 aromatic rings. The lowest BCUT2D eigenvalue weighted by Crippen LogP contribution is -2.28. The van der Waals surface area contributed by atoms with Gasteiger partial charge in [-0.1, -0.05) is 156 Å². The molecule has 1 unspecified atom stereocenters. The highest BCUT2D eigenvalue weighted by molar-refractivity contribution is 5.75. The summed E-state index contributed by atoms with van der Waals surface area (Å²) < 4.78 is 11.5. The fraction of sp³-hybridized carbons (Fsp3) is 0.933. The number of esters is 2. The summed E-state index contributed by atoms with van der Waals surface area (Å²) in [5.41, 5.74) is 11.1. The molecule has 8 heteroatoms. The first kappa shape index (κ1) is 51.2. The molecule has 1 atom stereocenters. The summed E-state index contributed by atoms with van der Waals surface area (Å²) in [5, 5.41) is 0. The molecular formula is C45H90N4O4. The van der Waals surface area contributed by atoms with Crippen LogP contribution in [-0.4, -0.2) is 61.7 Å². The van der Waals surface area contributed by atoms with Crippen molar-refractivity contribution in [3.05, 3.63) is 0 Å². The maximum absolute atomic E-state index is 12.7. The van der Waals surface area contributed by atoms with Gasteiger partial charge in [0.1, 0.15) is 6.10 Å². The van der Waals surface area contributed by atoms with Gasteiger partial charge in [-0.05, 0) is 83.8 Å². The Morgan fingerprint density at radius 2 is 0.887 bits per heavy atom. The van der Waals surface area contributed by atoms with E-state index in [4.69, 9.17) is 20.9 Å². The Balaban J connectivity index is 4.22. The number of carbonyl (C=O) groups is 2. The van der Waals surface area contributed by atoms with E-state index in [0.29, 0.717) is 26.0 Å². The van der Waals surface area contributed by atoms with Crippen LogP contribution < -0.4 is 11.5 Å². The Morgan fingerprint density at radius 1 is 0.491 bits per heavy atom. The van der Waals surface area contributed by atoms with Crippen molar-refractivity contribution < 1.29 is 19.1 Å². The number of guanidine groups is 1. The number of hydrogen-bond acceptors (Lipinski definition) is 6. The summed E-state index contributed by atoms with van der Waals surface area (Å²) in [6, 6.07) is 0. The van der Waals surface area contributed by atoms with E-state index in [1.165, 1.54) is 135 Å². The summed E-state index contributed by atoms with van der Waals surface area (Å²) in [7, 11) is 0. The predicted molar refractivity (Wildman–Crippen MR) is 227 cm³/mol. The van der Waals surface area contributed by atoms with Gasteiger partial charge < -0.3 is 25.8 Å². The van der Waals surface area contributed by atoms with Crippen molar-refractivity contribution in [1.82, 2.24) is 4.90 Å². The van der Waals surface area contributed by atoms with Crippen LogP contribution in [0, 0.1) is 0 Å². The molecule has 314 valence electrons. The molecule has 0 aromatic heterocycles. The summed E-state index contributed by atoms with van der Waals surface area (Å²) in [6.45, 7) is 11.2. The van der Waals surface area contributed by atoms with E-state index in [-0.39, 0.29) is 24.0 Å². The summed E-state index contributed by atoms with van der Waals surface area (Å²) in [6.07, 6.45) is 37.9. The zero-order chi connectivity index (χ0) is 38.9. The third-order valence-electron chi connectivity index (χ3n) is 10.5. The standard InChI is InChI=1S/C45H90N4O4/c1-4-7-10-13-15-24-31-41-52-43(50)35-27-20-16-22-29-38-49(40-32-37-48-45(46)47)39-30-23-17-21-28-36-44(51)53-42(33-25-18-12-9-6-3)34-26-19-14-11-8-5-2/h42H,4-41H2,1-3H3,(H4,46,47,48). The molecule has 4 N–H and O–H groups in total. The van der Waals surface area contributed by atoms with Crippen LogP contribution >= 0.6 is 0 Å². The first-order valence-electron chi connectivity index (χ1n) is 23.1. The lowest BCUT2D eigenvalue weighted by atomic mass is 10.0. The molecular weight excluding hydrogens is 661 g/mol. The number of nitrogens with zero attached hydrogens (tertiary/aromatic N) is 2. The van der Waals surface area contributed by atoms with Gasteiger partial charge in [0.05, 0.1) is 6.61 Å². The molecule has 0 fully saturated rings. The molecule has 0 bridgehead atoms. The van der Waals surface area contributed by atoms with Gasteiger partial charge in [-0.15, -0.1) is 0 Å². The van der Waals surface area contributed by atoms with Crippen LogP contribution in [0.3, 0.4) is 0 Å². The zero-order valence-electron chi connectivity index (χ0n) is 35.6. The smallest absolute Gasteiger partial charge is 0.306 e. The number of nitrogens with two attached hydrogens (primary N) is 2. The van der Waals surface area contributed by atoms with Crippen LogP contribution in [0.4, 0.5) is 0 Å². The maximum Gasteiger partial charge on any atom is 0.306 e. The molecule has 0 aliphatic heterocycles. The summed E-state index contributed by atoms with van der Waals surface area (Å²) >= 11 is 0. The van der Waals surface area contributed by atoms with Crippen molar-refractivity contribution in [1.29, 1.82) is 0 Å². The minimum absolute atomic E-state index is 0.0141. The Bertz CT molecular complexity index is 820. The van der Waals surface area contributed by atoms with Gasteiger partial charge in [-0.2, -0.15) is 0 Å².